The van der Waals surface area contributed by atoms with Crippen molar-refractivity contribution in [1.82, 2.24) is 4.90 Å². The number of carbonyl (C=O) groups is 1. The molecule has 2 rings (SSSR count). The molecule has 1 atom stereocenters. The lowest BCUT2D eigenvalue weighted by atomic mass is 9.81. The Morgan fingerprint density at radius 2 is 1.79 bits per heavy atom. The molecule has 2 heterocycles. The quantitative estimate of drug-likeness (QED) is 0.683. The minimum Gasteiger partial charge on any atom is -0.444 e. The Hall–Kier alpha value is -1.01. The minimum atomic E-state index is -0.476. The molecule has 2 aliphatic heterocycles. The van der Waals surface area contributed by atoms with Gasteiger partial charge in [-0.05, 0) is 60.8 Å². The summed E-state index contributed by atoms with van der Waals surface area (Å²) >= 11 is 0. The van der Waals surface area contributed by atoms with E-state index in [0.29, 0.717) is 12.5 Å². The van der Waals surface area contributed by atoms with E-state index in [1.165, 1.54) is 5.57 Å². The maximum atomic E-state index is 12.3. The van der Waals surface area contributed by atoms with E-state index >= 15 is 0 Å². The summed E-state index contributed by atoms with van der Waals surface area (Å²) < 4.78 is 17.6. The second-order valence-electron chi connectivity index (χ2n) is 8.96. The molecule has 0 bridgehead atoms. The third-order valence-corrected chi connectivity index (χ3v) is 5.11. The van der Waals surface area contributed by atoms with Crippen molar-refractivity contribution in [2.24, 2.45) is 5.92 Å². The zero-order chi connectivity index (χ0) is 18.3. The number of rotatable bonds is 1. The van der Waals surface area contributed by atoms with Gasteiger partial charge in [0.2, 0.25) is 0 Å². The summed E-state index contributed by atoms with van der Waals surface area (Å²) in [5.74, 6) is 2.44. The Balaban J connectivity index is 2.08. The Bertz CT molecular complexity index is 506. The van der Waals surface area contributed by atoms with Gasteiger partial charge < -0.3 is 18.9 Å². The molecule has 1 amide bonds. The van der Waals surface area contributed by atoms with Gasteiger partial charge >= 0.3 is 13.2 Å². The van der Waals surface area contributed by atoms with Crippen LogP contribution < -0.4 is 0 Å². The van der Waals surface area contributed by atoms with Crippen LogP contribution in [0.15, 0.2) is 11.5 Å². The van der Waals surface area contributed by atoms with Gasteiger partial charge in [0.1, 0.15) is 5.60 Å². The highest BCUT2D eigenvalue weighted by molar-refractivity contribution is 6.51. The number of amides is 1. The van der Waals surface area contributed by atoms with Crippen LogP contribution in [-0.4, -0.2) is 48.0 Å². The van der Waals surface area contributed by atoms with Crippen LogP contribution in [0.1, 0.15) is 61.8 Å². The average Bonchev–Trinajstić information content (AvgIpc) is 2.57. The van der Waals surface area contributed by atoms with Gasteiger partial charge in [-0.15, -0.1) is 0 Å². The van der Waals surface area contributed by atoms with Crippen molar-refractivity contribution in [3.63, 3.8) is 0 Å². The minimum absolute atomic E-state index is 0.255. The summed E-state index contributed by atoms with van der Waals surface area (Å²) in [7, 11) is -0.369. The predicted molar refractivity (Wildman–Crippen MR) is 95.8 cm³/mol. The standard InChI is InChI=1S/C18H32BNO4/c1-13-9-10-20(15(21)22-16(2,3)4)12-14(13)11-19-23-17(5,6)18(7,8)24-19/h11,13H,9-10,12H2,1-8H3/b14-11-. The first-order valence-corrected chi connectivity index (χ1v) is 8.85. The molecule has 2 aliphatic rings. The van der Waals surface area contributed by atoms with Crippen LogP contribution in [0.5, 0.6) is 0 Å². The van der Waals surface area contributed by atoms with Crippen molar-refractivity contribution in [2.75, 3.05) is 13.1 Å². The molecule has 0 saturated carbocycles. The molecule has 5 nitrogen and oxygen atoms in total. The van der Waals surface area contributed by atoms with Crippen LogP contribution in [0.2, 0.25) is 0 Å². The summed E-state index contributed by atoms with van der Waals surface area (Å²) in [6.07, 6.45) is 0.666. The largest absolute Gasteiger partial charge is 0.487 e. The molecule has 6 heteroatoms. The van der Waals surface area contributed by atoms with Gasteiger partial charge in [-0.3, -0.25) is 0 Å². The van der Waals surface area contributed by atoms with E-state index in [0.717, 1.165) is 13.0 Å². The number of nitrogens with zero attached hydrogens (tertiary/aromatic N) is 1. The first-order valence-electron chi connectivity index (χ1n) is 8.85. The zero-order valence-electron chi connectivity index (χ0n) is 16.4. The maximum Gasteiger partial charge on any atom is 0.487 e. The molecule has 0 radical (unpaired) electrons. The first kappa shape index (κ1) is 19.3. The van der Waals surface area contributed by atoms with Crippen LogP contribution in [-0.2, 0) is 14.0 Å². The highest BCUT2D eigenvalue weighted by Crippen LogP contribution is 2.38. The summed E-state index contributed by atoms with van der Waals surface area (Å²) in [5.41, 5.74) is -0.00402. The van der Waals surface area contributed by atoms with Crippen LogP contribution in [0.4, 0.5) is 4.79 Å². The van der Waals surface area contributed by atoms with Crippen molar-refractivity contribution in [2.45, 2.75) is 78.6 Å². The van der Waals surface area contributed by atoms with Crippen molar-refractivity contribution in [3.05, 3.63) is 11.5 Å². The van der Waals surface area contributed by atoms with E-state index in [1.54, 1.807) is 4.90 Å². The highest BCUT2D eigenvalue weighted by atomic mass is 16.7. The number of ether oxygens (including phenoxy) is 1. The molecule has 136 valence electrons. The lowest BCUT2D eigenvalue weighted by molar-refractivity contribution is 0.00578. The molecule has 0 aliphatic carbocycles. The Morgan fingerprint density at radius 3 is 2.29 bits per heavy atom. The molecule has 0 aromatic carbocycles. The van der Waals surface area contributed by atoms with E-state index < -0.39 is 5.60 Å². The third kappa shape index (κ3) is 4.34. The summed E-state index contributed by atoms with van der Waals surface area (Å²) in [5, 5.41) is 0. The second kappa shape index (κ2) is 6.38. The van der Waals surface area contributed by atoms with E-state index in [-0.39, 0.29) is 24.4 Å². The monoisotopic (exact) mass is 337 g/mol. The Kier molecular flexibility index (Phi) is 5.13. The normalized spacial score (nSPS) is 28.3. The zero-order valence-corrected chi connectivity index (χ0v) is 16.4. The number of hydrogen-bond acceptors (Lipinski definition) is 4. The van der Waals surface area contributed by atoms with Gasteiger partial charge in [0.15, 0.2) is 0 Å². The third-order valence-electron chi connectivity index (χ3n) is 5.11. The van der Waals surface area contributed by atoms with Gasteiger partial charge in [-0.25, -0.2) is 4.79 Å². The van der Waals surface area contributed by atoms with Crippen LogP contribution >= 0.6 is 0 Å². The average molecular weight is 337 g/mol. The van der Waals surface area contributed by atoms with Crippen LogP contribution in [0, 0.1) is 5.92 Å². The number of piperidine rings is 1. The van der Waals surface area contributed by atoms with Gasteiger partial charge in [0, 0.05) is 13.1 Å². The fourth-order valence-electron chi connectivity index (χ4n) is 2.82. The molecular formula is C18H32BNO4. The Morgan fingerprint density at radius 1 is 1.25 bits per heavy atom. The summed E-state index contributed by atoms with van der Waals surface area (Å²) in [6.45, 7) is 17.3. The number of likely N-dealkylation sites (tertiary alicyclic amines) is 1. The molecule has 2 saturated heterocycles. The van der Waals surface area contributed by atoms with Gasteiger partial charge in [-0.2, -0.15) is 0 Å². The first-order chi connectivity index (χ1) is 10.8. The topological polar surface area (TPSA) is 48.0 Å². The number of carbonyl (C=O) groups excluding carboxylic acids is 1. The van der Waals surface area contributed by atoms with Crippen molar-refractivity contribution < 1.29 is 18.8 Å². The molecule has 0 aromatic heterocycles. The summed E-state index contributed by atoms with van der Waals surface area (Å²) in [6, 6.07) is 0. The molecular weight excluding hydrogens is 305 g/mol. The van der Waals surface area contributed by atoms with Crippen LogP contribution in [0.3, 0.4) is 0 Å². The van der Waals surface area contributed by atoms with Gasteiger partial charge in [0.05, 0.1) is 11.2 Å². The molecule has 0 aromatic rings. The SMILES string of the molecule is CC1CCN(C(=O)OC(C)(C)C)C/C1=C/B1OC(C)(C)C(C)(C)O1. The molecule has 0 spiro atoms. The van der Waals surface area contributed by atoms with Gasteiger partial charge in [-0.1, -0.05) is 18.5 Å². The van der Waals surface area contributed by atoms with E-state index in [4.69, 9.17) is 14.0 Å². The van der Waals surface area contributed by atoms with Crippen LogP contribution in [0.25, 0.3) is 0 Å². The van der Waals surface area contributed by atoms with E-state index in [2.05, 4.69) is 6.92 Å². The van der Waals surface area contributed by atoms with E-state index in [9.17, 15) is 4.79 Å². The van der Waals surface area contributed by atoms with Crippen molar-refractivity contribution >= 4 is 13.2 Å². The Labute approximate surface area is 146 Å². The van der Waals surface area contributed by atoms with Gasteiger partial charge in [0.25, 0.3) is 0 Å². The maximum absolute atomic E-state index is 12.3. The van der Waals surface area contributed by atoms with Crippen molar-refractivity contribution in [1.29, 1.82) is 0 Å². The predicted octanol–water partition coefficient (Wildman–Crippen LogP) is 3.82. The summed E-state index contributed by atoms with van der Waals surface area (Å²) in [4.78, 5) is 14.1. The number of hydrogen-bond donors (Lipinski definition) is 0. The lowest BCUT2D eigenvalue weighted by Crippen LogP contribution is -2.42. The lowest BCUT2D eigenvalue weighted by Gasteiger charge is -2.34. The van der Waals surface area contributed by atoms with Crippen molar-refractivity contribution in [3.8, 4) is 0 Å². The highest BCUT2D eigenvalue weighted by Gasteiger charge is 2.50. The molecule has 0 N–H and O–H groups in total. The smallest absolute Gasteiger partial charge is 0.444 e. The fraction of sp³-hybridized carbons (Fsp3) is 0.833. The fourth-order valence-corrected chi connectivity index (χ4v) is 2.82. The second-order valence-corrected chi connectivity index (χ2v) is 8.96. The molecule has 24 heavy (non-hydrogen) atoms. The molecule has 2 fully saturated rings. The molecule has 1 unspecified atom stereocenters. The van der Waals surface area contributed by atoms with E-state index in [1.807, 2.05) is 54.4 Å².